The molecule has 0 amide bonds. The van der Waals surface area contributed by atoms with Gasteiger partial charge in [-0.15, -0.1) is 0 Å². The SMILES string of the molecule is OCCC(CCO)(C1CCC2CC=CC=C21)C1CCC2CC=CC=C21. The standard InChI is InChI=1S/C23H32O2/c24-15-13-23(14-16-25,21-11-9-17-5-1-3-7-19(17)21)22-12-10-18-6-2-4-8-20(18)22/h1-4,7-8,17-18,21-22,24-25H,5-6,9-16H2. The number of aliphatic hydroxyl groups excluding tert-OH is 2. The first-order chi connectivity index (χ1) is 12.3. The minimum atomic E-state index is 0.0288. The molecule has 2 saturated carbocycles. The Morgan fingerprint density at radius 2 is 1.24 bits per heavy atom. The topological polar surface area (TPSA) is 40.5 Å². The van der Waals surface area contributed by atoms with E-state index in [1.165, 1.54) is 38.5 Å². The predicted molar refractivity (Wildman–Crippen MR) is 102 cm³/mol. The molecule has 4 atom stereocenters. The summed E-state index contributed by atoms with van der Waals surface area (Å²) in [6.45, 7) is 0.461. The van der Waals surface area contributed by atoms with Crippen LogP contribution in [-0.4, -0.2) is 23.4 Å². The Balaban J connectivity index is 1.74. The van der Waals surface area contributed by atoms with Gasteiger partial charge in [0.1, 0.15) is 0 Å². The van der Waals surface area contributed by atoms with Gasteiger partial charge in [0, 0.05) is 13.2 Å². The lowest BCUT2D eigenvalue weighted by molar-refractivity contribution is 0.0436. The Labute approximate surface area is 152 Å². The number of allylic oxidation sites excluding steroid dienone is 8. The summed E-state index contributed by atoms with van der Waals surface area (Å²) in [6.07, 6.45) is 22.8. The molecule has 4 aliphatic rings. The van der Waals surface area contributed by atoms with Gasteiger partial charge in [0.15, 0.2) is 0 Å². The van der Waals surface area contributed by atoms with E-state index in [1.807, 2.05) is 0 Å². The van der Waals surface area contributed by atoms with Crippen LogP contribution in [0.3, 0.4) is 0 Å². The van der Waals surface area contributed by atoms with Crippen molar-refractivity contribution in [1.82, 2.24) is 0 Å². The first-order valence-electron chi connectivity index (χ1n) is 10.2. The van der Waals surface area contributed by atoms with Crippen molar-refractivity contribution in [1.29, 1.82) is 0 Å². The van der Waals surface area contributed by atoms with E-state index in [1.54, 1.807) is 11.1 Å². The number of hydrogen-bond donors (Lipinski definition) is 2. The Kier molecular flexibility index (Phi) is 5.01. The maximum absolute atomic E-state index is 9.99. The quantitative estimate of drug-likeness (QED) is 0.744. The average molecular weight is 341 g/mol. The van der Waals surface area contributed by atoms with Gasteiger partial charge in [-0.3, -0.25) is 0 Å². The summed E-state index contributed by atoms with van der Waals surface area (Å²) in [7, 11) is 0. The van der Waals surface area contributed by atoms with Crippen molar-refractivity contribution in [3.63, 3.8) is 0 Å². The fourth-order valence-corrected chi connectivity index (χ4v) is 6.55. The van der Waals surface area contributed by atoms with Crippen LogP contribution in [0.25, 0.3) is 0 Å². The van der Waals surface area contributed by atoms with Crippen LogP contribution >= 0.6 is 0 Å². The summed E-state index contributed by atoms with van der Waals surface area (Å²) in [5.41, 5.74) is 3.25. The molecular weight excluding hydrogens is 308 g/mol. The summed E-state index contributed by atoms with van der Waals surface area (Å²) in [5.74, 6) is 2.45. The molecule has 0 saturated heterocycles. The van der Waals surface area contributed by atoms with E-state index < -0.39 is 0 Å². The molecule has 4 rings (SSSR count). The second-order valence-corrected chi connectivity index (χ2v) is 8.50. The largest absolute Gasteiger partial charge is 0.396 e. The first kappa shape index (κ1) is 17.3. The van der Waals surface area contributed by atoms with E-state index in [9.17, 15) is 10.2 Å². The Bertz CT molecular complexity index is 556. The van der Waals surface area contributed by atoms with Crippen molar-refractivity contribution in [3.8, 4) is 0 Å². The van der Waals surface area contributed by atoms with E-state index in [4.69, 9.17) is 0 Å². The molecule has 0 heterocycles. The number of fused-ring (bicyclic) bond motifs is 2. The lowest BCUT2D eigenvalue weighted by atomic mass is 9.58. The highest BCUT2D eigenvalue weighted by atomic mass is 16.3. The van der Waals surface area contributed by atoms with Gasteiger partial charge >= 0.3 is 0 Å². The molecule has 2 heteroatoms. The molecule has 4 unspecified atom stereocenters. The normalized spacial score (nSPS) is 33.8. The fraction of sp³-hybridized carbons (Fsp3) is 0.652. The van der Waals surface area contributed by atoms with Gasteiger partial charge in [-0.2, -0.15) is 0 Å². The van der Waals surface area contributed by atoms with Crippen LogP contribution in [0, 0.1) is 29.1 Å². The van der Waals surface area contributed by atoms with E-state index in [2.05, 4.69) is 36.5 Å². The zero-order chi connectivity index (χ0) is 17.3. The monoisotopic (exact) mass is 340 g/mol. The highest BCUT2D eigenvalue weighted by Crippen LogP contribution is 2.61. The van der Waals surface area contributed by atoms with Gasteiger partial charge < -0.3 is 10.2 Å². The lowest BCUT2D eigenvalue weighted by Gasteiger charge is -2.46. The first-order valence-corrected chi connectivity index (χ1v) is 10.2. The molecule has 2 nitrogen and oxygen atoms in total. The minimum absolute atomic E-state index is 0.0288. The molecule has 0 spiro atoms. The Morgan fingerprint density at radius 3 is 1.68 bits per heavy atom. The van der Waals surface area contributed by atoms with E-state index in [0.717, 1.165) is 12.8 Å². The van der Waals surface area contributed by atoms with Crippen molar-refractivity contribution in [2.24, 2.45) is 29.1 Å². The van der Waals surface area contributed by atoms with E-state index >= 15 is 0 Å². The van der Waals surface area contributed by atoms with Crippen LogP contribution in [0.4, 0.5) is 0 Å². The van der Waals surface area contributed by atoms with Crippen LogP contribution < -0.4 is 0 Å². The lowest BCUT2D eigenvalue weighted by Crippen LogP contribution is -2.40. The third-order valence-electron chi connectivity index (χ3n) is 7.59. The predicted octanol–water partition coefficient (Wildman–Crippen LogP) is 4.56. The molecule has 0 radical (unpaired) electrons. The molecule has 0 bridgehead atoms. The molecule has 4 aliphatic carbocycles. The van der Waals surface area contributed by atoms with Crippen molar-refractivity contribution in [2.45, 2.75) is 51.4 Å². The zero-order valence-electron chi connectivity index (χ0n) is 15.2. The summed E-state index contributed by atoms with van der Waals surface area (Å²) in [5, 5.41) is 20.0. The van der Waals surface area contributed by atoms with Gasteiger partial charge in [-0.25, -0.2) is 0 Å². The number of rotatable bonds is 6. The molecule has 0 aromatic heterocycles. The maximum Gasteiger partial charge on any atom is 0.0436 e. The van der Waals surface area contributed by atoms with Crippen LogP contribution in [0.2, 0.25) is 0 Å². The second-order valence-electron chi connectivity index (χ2n) is 8.50. The van der Waals surface area contributed by atoms with E-state index in [-0.39, 0.29) is 18.6 Å². The van der Waals surface area contributed by atoms with E-state index in [0.29, 0.717) is 23.7 Å². The fourth-order valence-electron chi connectivity index (χ4n) is 6.55. The van der Waals surface area contributed by atoms with Crippen LogP contribution in [0.15, 0.2) is 47.6 Å². The van der Waals surface area contributed by atoms with Crippen molar-refractivity contribution < 1.29 is 10.2 Å². The zero-order valence-corrected chi connectivity index (χ0v) is 15.2. The van der Waals surface area contributed by atoms with Gasteiger partial charge in [-0.1, -0.05) is 47.6 Å². The smallest absolute Gasteiger partial charge is 0.0436 e. The maximum atomic E-state index is 9.99. The Hall–Kier alpha value is -1.12. The van der Waals surface area contributed by atoms with Crippen LogP contribution in [0.1, 0.15) is 51.4 Å². The molecular formula is C23H32O2. The van der Waals surface area contributed by atoms with Gasteiger partial charge in [-0.05, 0) is 80.5 Å². The molecule has 0 aliphatic heterocycles. The van der Waals surface area contributed by atoms with Gasteiger partial charge in [0.2, 0.25) is 0 Å². The average Bonchev–Trinajstić information content (AvgIpc) is 3.26. The van der Waals surface area contributed by atoms with Crippen LogP contribution in [0.5, 0.6) is 0 Å². The third-order valence-corrected chi connectivity index (χ3v) is 7.59. The summed E-state index contributed by atoms with van der Waals surface area (Å²) in [6, 6.07) is 0. The van der Waals surface area contributed by atoms with Crippen molar-refractivity contribution >= 4 is 0 Å². The summed E-state index contributed by atoms with van der Waals surface area (Å²) < 4.78 is 0. The molecule has 0 aromatic rings. The molecule has 0 aromatic carbocycles. The van der Waals surface area contributed by atoms with Crippen molar-refractivity contribution in [3.05, 3.63) is 47.6 Å². The molecule has 136 valence electrons. The van der Waals surface area contributed by atoms with Gasteiger partial charge in [0.25, 0.3) is 0 Å². The number of aliphatic hydroxyl groups is 2. The minimum Gasteiger partial charge on any atom is -0.396 e. The Morgan fingerprint density at radius 1 is 0.760 bits per heavy atom. The molecule has 2 fully saturated rings. The van der Waals surface area contributed by atoms with Gasteiger partial charge in [0.05, 0.1) is 0 Å². The third kappa shape index (κ3) is 2.88. The summed E-state index contributed by atoms with van der Waals surface area (Å²) in [4.78, 5) is 0. The highest BCUT2D eigenvalue weighted by molar-refractivity contribution is 5.33. The van der Waals surface area contributed by atoms with Crippen molar-refractivity contribution in [2.75, 3.05) is 13.2 Å². The summed E-state index contributed by atoms with van der Waals surface area (Å²) >= 11 is 0. The highest BCUT2D eigenvalue weighted by Gasteiger charge is 2.52. The number of hydrogen-bond acceptors (Lipinski definition) is 2. The second kappa shape index (κ2) is 7.25. The molecule has 2 N–H and O–H groups in total. The van der Waals surface area contributed by atoms with Crippen LogP contribution in [-0.2, 0) is 0 Å². The molecule has 25 heavy (non-hydrogen) atoms.